The molecule has 0 aliphatic carbocycles. The van der Waals surface area contributed by atoms with Crippen LogP contribution < -0.4 is 14.2 Å². The monoisotopic (exact) mass is 212 g/mol. The van der Waals surface area contributed by atoms with E-state index in [9.17, 15) is 0 Å². The van der Waals surface area contributed by atoms with Gasteiger partial charge in [-0.05, 0) is 19.1 Å². The Bertz CT molecular complexity index is 289. The fourth-order valence-corrected chi connectivity index (χ4v) is 1.17. The van der Waals surface area contributed by atoms with Gasteiger partial charge in [-0.2, -0.15) is 0 Å². The van der Waals surface area contributed by atoms with E-state index in [0.717, 1.165) is 0 Å². The zero-order chi connectivity index (χ0) is 11.3. The van der Waals surface area contributed by atoms with E-state index >= 15 is 0 Å². The first kappa shape index (κ1) is 11.7. The van der Waals surface area contributed by atoms with Gasteiger partial charge in [0.05, 0.1) is 20.8 Å². The maximum Gasteiger partial charge on any atom is 0.203 e. The van der Waals surface area contributed by atoms with Gasteiger partial charge in [-0.15, -0.1) is 0 Å². The highest BCUT2D eigenvalue weighted by Crippen LogP contribution is 2.37. The predicted molar refractivity (Wildman–Crippen MR) is 56.7 cm³/mol. The SMILES string of the molecule is COc1cccc(OC)c1OC(C)CO. The topological polar surface area (TPSA) is 47.9 Å². The summed E-state index contributed by atoms with van der Waals surface area (Å²) in [5.74, 6) is 1.70. The molecular formula is C11H16O4. The molecule has 0 fully saturated rings. The van der Waals surface area contributed by atoms with Gasteiger partial charge in [-0.1, -0.05) is 6.07 Å². The van der Waals surface area contributed by atoms with Gasteiger partial charge < -0.3 is 19.3 Å². The van der Waals surface area contributed by atoms with Crippen LogP contribution in [0.3, 0.4) is 0 Å². The molecule has 4 nitrogen and oxygen atoms in total. The van der Waals surface area contributed by atoms with E-state index in [4.69, 9.17) is 19.3 Å². The van der Waals surface area contributed by atoms with Crippen LogP contribution in [0.2, 0.25) is 0 Å². The van der Waals surface area contributed by atoms with Gasteiger partial charge in [-0.25, -0.2) is 0 Å². The molecule has 1 rings (SSSR count). The zero-order valence-electron chi connectivity index (χ0n) is 9.19. The van der Waals surface area contributed by atoms with Crippen molar-refractivity contribution in [3.05, 3.63) is 18.2 Å². The summed E-state index contributed by atoms with van der Waals surface area (Å²) in [6, 6.07) is 5.37. The Morgan fingerprint density at radius 2 is 1.73 bits per heavy atom. The van der Waals surface area contributed by atoms with Crippen molar-refractivity contribution in [1.82, 2.24) is 0 Å². The first-order valence-corrected chi connectivity index (χ1v) is 4.71. The summed E-state index contributed by atoms with van der Waals surface area (Å²) < 4.78 is 15.8. The molecular weight excluding hydrogens is 196 g/mol. The molecule has 1 unspecified atom stereocenters. The normalized spacial score (nSPS) is 12.0. The maximum absolute atomic E-state index is 8.92. The van der Waals surface area contributed by atoms with Gasteiger partial charge in [0.15, 0.2) is 11.5 Å². The summed E-state index contributed by atoms with van der Waals surface area (Å²) in [4.78, 5) is 0. The summed E-state index contributed by atoms with van der Waals surface area (Å²) >= 11 is 0. The van der Waals surface area contributed by atoms with E-state index in [1.54, 1.807) is 33.3 Å². The number of rotatable bonds is 5. The molecule has 1 aromatic carbocycles. The van der Waals surface area contributed by atoms with Crippen LogP contribution in [0.1, 0.15) is 6.92 Å². The van der Waals surface area contributed by atoms with Crippen molar-refractivity contribution in [3.63, 3.8) is 0 Å². The Balaban J connectivity index is 2.99. The molecule has 1 N–H and O–H groups in total. The summed E-state index contributed by atoms with van der Waals surface area (Å²) in [6.45, 7) is 1.72. The lowest BCUT2D eigenvalue weighted by Crippen LogP contribution is -2.17. The second-order valence-corrected chi connectivity index (χ2v) is 3.10. The minimum atomic E-state index is -0.296. The third kappa shape index (κ3) is 2.76. The van der Waals surface area contributed by atoms with Gasteiger partial charge in [0.1, 0.15) is 6.10 Å². The Morgan fingerprint density at radius 3 is 2.13 bits per heavy atom. The second-order valence-electron chi connectivity index (χ2n) is 3.10. The second kappa shape index (κ2) is 5.46. The van der Waals surface area contributed by atoms with E-state index in [2.05, 4.69) is 0 Å². The molecule has 4 heteroatoms. The van der Waals surface area contributed by atoms with E-state index in [-0.39, 0.29) is 12.7 Å². The molecule has 15 heavy (non-hydrogen) atoms. The number of aliphatic hydroxyl groups is 1. The summed E-state index contributed by atoms with van der Waals surface area (Å²) in [6.07, 6.45) is -0.296. The van der Waals surface area contributed by atoms with Crippen LogP contribution in [0.5, 0.6) is 17.2 Å². The van der Waals surface area contributed by atoms with Crippen LogP contribution in [0, 0.1) is 0 Å². The van der Waals surface area contributed by atoms with Crippen molar-refractivity contribution in [2.45, 2.75) is 13.0 Å². The standard InChI is InChI=1S/C11H16O4/c1-8(7-12)15-11-9(13-2)5-4-6-10(11)14-3/h4-6,8,12H,7H2,1-3H3. The maximum atomic E-state index is 8.92. The number of aliphatic hydroxyl groups excluding tert-OH is 1. The third-order valence-corrected chi connectivity index (χ3v) is 1.96. The first-order valence-electron chi connectivity index (χ1n) is 4.71. The molecule has 0 amide bonds. The average Bonchev–Trinajstić information content (AvgIpc) is 2.29. The van der Waals surface area contributed by atoms with Gasteiger partial charge in [0.25, 0.3) is 0 Å². The molecule has 0 aliphatic heterocycles. The van der Waals surface area contributed by atoms with E-state index in [1.807, 2.05) is 6.07 Å². The lowest BCUT2D eigenvalue weighted by molar-refractivity contribution is 0.122. The fraction of sp³-hybridized carbons (Fsp3) is 0.455. The highest BCUT2D eigenvalue weighted by atomic mass is 16.5. The van der Waals surface area contributed by atoms with Crippen molar-refractivity contribution in [1.29, 1.82) is 0 Å². The Hall–Kier alpha value is -1.42. The lowest BCUT2D eigenvalue weighted by atomic mass is 10.3. The summed E-state index contributed by atoms with van der Waals surface area (Å²) in [5, 5.41) is 8.92. The Kier molecular flexibility index (Phi) is 4.24. The molecule has 0 spiro atoms. The van der Waals surface area contributed by atoms with Crippen LogP contribution in [-0.2, 0) is 0 Å². The minimum absolute atomic E-state index is 0.0544. The molecule has 0 saturated heterocycles. The smallest absolute Gasteiger partial charge is 0.203 e. The molecule has 0 aromatic heterocycles. The minimum Gasteiger partial charge on any atom is -0.493 e. The Morgan fingerprint density at radius 1 is 1.20 bits per heavy atom. The van der Waals surface area contributed by atoms with Crippen molar-refractivity contribution in [2.24, 2.45) is 0 Å². The van der Waals surface area contributed by atoms with Crippen molar-refractivity contribution in [3.8, 4) is 17.2 Å². The van der Waals surface area contributed by atoms with Gasteiger partial charge >= 0.3 is 0 Å². The number of methoxy groups -OCH3 is 2. The van der Waals surface area contributed by atoms with E-state index in [1.165, 1.54) is 0 Å². The molecule has 0 heterocycles. The average molecular weight is 212 g/mol. The largest absolute Gasteiger partial charge is 0.493 e. The van der Waals surface area contributed by atoms with Crippen LogP contribution in [0.25, 0.3) is 0 Å². The molecule has 0 aliphatic rings. The van der Waals surface area contributed by atoms with Gasteiger partial charge in [0, 0.05) is 0 Å². The molecule has 0 radical (unpaired) electrons. The van der Waals surface area contributed by atoms with Crippen molar-refractivity contribution >= 4 is 0 Å². The number of benzene rings is 1. The highest BCUT2D eigenvalue weighted by Gasteiger charge is 2.13. The molecule has 1 aromatic rings. The predicted octanol–water partition coefficient (Wildman–Crippen LogP) is 1.46. The molecule has 1 atom stereocenters. The number of hydrogen-bond donors (Lipinski definition) is 1. The first-order chi connectivity index (χ1) is 7.22. The van der Waals surface area contributed by atoms with E-state index in [0.29, 0.717) is 17.2 Å². The number of hydrogen-bond acceptors (Lipinski definition) is 4. The fourth-order valence-electron chi connectivity index (χ4n) is 1.17. The number of ether oxygens (including phenoxy) is 3. The molecule has 0 bridgehead atoms. The Labute approximate surface area is 89.4 Å². The molecule has 84 valence electrons. The van der Waals surface area contributed by atoms with Crippen LogP contribution in [0.15, 0.2) is 18.2 Å². The molecule has 0 saturated carbocycles. The number of para-hydroxylation sites is 1. The zero-order valence-corrected chi connectivity index (χ0v) is 9.19. The third-order valence-electron chi connectivity index (χ3n) is 1.96. The lowest BCUT2D eigenvalue weighted by Gasteiger charge is -2.17. The van der Waals surface area contributed by atoms with Crippen LogP contribution >= 0.6 is 0 Å². The quantitative estimate of drug-likeness (QED) is 0.802. The van der Waals surface area contributed by atoms with Crippen LogP contribution in [0.4, 0.5) is 0 Å². The van der Waals surface area contributed by atoms with E-state index < -0.39 is 0 Å². The highest BCUT2D eigenvalue weighted by molar-refractivity contribution is 5.51. The summed E-state index contributed by atoms with van der Waals surface area (Å²) in [5.41, 5.74) is 0. The van der Waals surface area contributed by atoms with Crippen molar-refractivity contribution < 1.29 is 19.3 Å². The van der Waals surface area contributed by atoms with Crippen molar-refractivity contribution in [2.75, 3.05) is 20.8 Å². The summed E-state index contributed by atoms with van der Waals surface area (Å²) in [7, 11) is 3.12. The van der Waals surface area contributed by atoms with Crippen LogP contribution in [-0.4, -0.2) is 32.0 Å². The van der Waals surface area contributed by atoms with Gasteiger partial charge in [-0.3, -0.25) is 0 Å². The van der Waals surface area contributed by atoms with Gasteiger partial charge in [0.2, 0.25) is 5.75 Å².